The number of rotatable bonds is 7. The number of thiophene rings is 1. The van der Waals surface area contributed by atoms with Gasteiger partial charge < -0.3 is 35.6 Å². The van der Waals surface area contributed by atoms with Crippen molar-refractivity contribution >= 4 is 58.0 Å². The van der Waals surface area contributed by atoms with Gasteiger partial charge in [0, 0.05) is 88.8 Å². The van der Waals surface area contributed by atoms with E-state index in [1.807, 2.05) is 27.8 Å². The smallest absolute Gasteiger partial charge is 0.386 e. The summed E-state index contributed by atoms with van der Waals surface area (Å²) in [5, 5.41) is 12.2. The SMILES string of the molecule is CNc1c(Cl)cc(C[C@@H](NC(=O)N2CCC(N3CCc4cscc4NC3=O)CC2)C(=O)N2CCN(c3ccncc3)CC2)cc1C(F)(F)F. The van der Waals surface area contributed by atoms with Crippen LogP contribution >= 0.6 is 22.9 Å². The maximum absolute atomic E-state index is 14.0. The molecule has 3 aliphatic heterocycles. The predicted octanol–water partition coefficient (Wildman–Crippen LogP) is 5.38. The number of hydrogen-bond donors (Lipinski definition) is 3. The number of piperidine rings is 1. The minimum atomic E-state index is -4.69. The zero-order valence-corrected chi connectivity index (χ0v) is 28.5. The number of piperazine rings is 1. The van der Waals surface area contributed by atoms with Gasteiger partial charge in [0.05, 0.1) is 22.0 Å². The highest BCUT2D eigenvalue weighted by atomic mass is 35.5. The van der Waals surface area contributed by atoms with Crippen LogP contribution < -0.4 is 20.9 Å². The van der Waals surface area contributed by atoms with E-state index in [2.05, 4.69) is 25.8 Å². The number of halogens is 4. The van der Waals surface area contributed by atoms with Gasteiger partial charge in [0.25, 0.3) is 0 Å². The molecule has 0 saturated carbocycles. The highest BCUT2D eigenvalue weighted by Crippen LogP contribution is 2.39. The number of anilines is 3. The second kappa shape index (κ2) is 14.7. The Balaban J connectivity index is 1.15. The van der Waals surface area contributed by atoms with Crippen LogP contribution in [0.1, 0.15) is 29.5 Å². The van der Waals surface area contributed by atoms with Crippen LogP contribution in [0.2, 0.25) is 5.02 Å². The van der Waals surface area contributed by atoms with Crippen molar-refractivity contribution in [3.05, 3.63) is 69.1 Å². The average Bonchev–Trinajstić information content (AvgIpc) is 3.47. The topological polar surface area (TPSA) is 113 Å². The first-order valence-corrected chi connectivity index (χ1v) is 17.5. The van der Waals surface area contributed by atoms with Crippen molar-refractivity contribution in [2.75, 3.05) is 68.4 Å². The molecule has 3 aliphatic rings. The van der Waals surface area contributed by atoms with Crippen molar-refractivity contribution in [1.29, 1.82) is 0 Å². The third-order valence-electron chi connectivity index (χ3n) is 9.42. The standard InChI is InChI=1S/C33H38ClF3N8O3S/c1-38-29-25(33(35,36)37)16-21(17-26(29)34)18-27(30(46)43-14-12-42(13-15-43)23-2-7-39-8-3-23)40-31(47)44-9-5-24(6-10-44)45-11-4-22-19-49-20-28(22)41-32(45)48/h2-3,7-8,16-17,19-20,24,27,38H,4-6,9-15,18H2,1H3,(H,40,47)(H,41,48)/t27-/m1/s1. The lowest BCUT2D eigenvalue weighted by atomic mass is 10.00. The number of amides is 5. The van der Waals surface area contributed by atoms with Crippen molar-refractivity contribution in [3.8, 4) is 0 Å². The number of alkyl halides is 3. The normalized spacial score (nSPS) is 18.0. The molecule has 1 atom stereocenters. The van der Waals surface area contributed by atoms with Crippen molar-refractivity contribution in [2.24, 2.45) is 0 Å². The molecule has 3 N–H and O–H groups in total. The molecular formula is C33H38ClF3N8O3S. The highest BCUT2D eigenvalue weighted by Gasteiger charge is 2.37. The number of pyridine rings is 1. The zero-order chi connectivity index (χ0) is 34.7. The van der Waals surface area contributed by atoms with Crippen LogP contribution in [0.5, 0.6) is 0 Å². The molecule has 2 saturated heterocycles. The maximum atomic E-state index is 14.0. The number of nitrogens with zero attached hydrogens (tertiary/aromatic N) is 5. The van der Waals surface area contributed by atoms with Crippen LogP contribution in [-0.4, -0.2) is 103 Å². The number of hydrogen-bond acceptors (Lipinski definition) is 7. The molecule has 11 nitrogen and oxygen atoms in total. The van der Waals surface area contributed by atoms with E-state index in [4.69, 9.17) is 11.6 Å². The van der Waals surface area contributed by atoms with Gasteiger partial charge >= 0.3 is 18.2 Å². The highest BCUT2D eigenvalue weighted by molar-refractivity contribution is 7.08. The molecule has 2 fully saturated rings. The molecule has 0 spiro atoms. The number of aromatic nitrogens is 1. The van der Waals surface area contributed by atoms with E-state index < -0.39 is 23.8 Å². The number of benzene rings is 1. The summed E-state index contributed by atoms with van der Waals surface area (Å²) in [4.78, 5) is 51.9. The van der Waals surface area contributed by atoms with E-state index >= 15 is 0 Å². The molecule has 0 radical (unpaired) electrons. The Kier molecular flexibility index (Phi) is 10.4. The lowest BCUT2D eigenvalue weighted by molar-refractivity contribution is -0.137. The quantitative estimate of drug-likeness (QED) is 0.303. The van der Waals surface area contributed by atoms with E-state index in [0.717, 1.165) is 29.4 Å². The van der Waals surface area contributed by atoms with Gasteiger partial charge in [-0.25, -0.2) is 9.59 Å². The third kappa shape index (κ3) is 7.82. The molecular weight excluding hydrogens is 681 g/mol. The van der Waals surface area contributed by atoms with Gasteiger partial charge in [0.2, 0.25) is 5.91 Å². The van der Waals surface area contributed by atoms with Crippen LogP contribution in [0.15, 0.2) is 47.4 Å². The summed E-state index contributed by atoms with van der Waals surface area (Å²) in [6.07, 6.45) is 0.375. The molecule has 0 unspecified atom stereocenters. The van der Waals surface area contributed by atoms with Crippen molar-refractivity contribution < 1.29 is 27.6 Å². The minimum Gasteiger partial charge on any atom is -0.386 e. The van der Waals surface area contributed by atoms with E-state index in [0.29, 0.717) is 58.7 Å². The van der Waals surface area contributed by atoms with Crippen LogP contribution in [0.3, 0.4) is 0 Å². The largest absolute Gasteiger partial charge is 0.418 e. The molecule has 3 aromatic rings. The number of carbonyl (C=O) groups excluding carboxylic acids is 3. The van der Waals surface area contributed by atoms with Crippen LogP contribution in [0, 0.1) is 0 Å². The van der Waals surface area contributed by atoms with E-state index in [-0.39, 0.29) is 40.7 Å². The van der Waals surface area contributed by atoms with Gasteiger partial charge in [-0.1, -0.05) is 11.6 Å². The van der Waals surface area contributed by atoms with Gasteiger partial charge in [-0.2, -0.15) is 13.2 Å². The Morgan fingerprint density at radius 1 is 1.04 bits per heavy atom. The molecule has 49 heavy (non-hydrogen) atoms. The molecule has 6 rings (SSSR count). The molecule has 16 heteroatoms. The van der Waals surface area contributed by atoms with Crippen molar-refractivity contribution in [3.63, 3.8) is 0 Å². The van der Waals surface area contributed by atoms with E-state index in [1.54, 1.807) is 33.5 Å². The number of nitrogens with one attached hydrogen (secondary N) is 3. The predicted molar refractivity (Wildman–Crippen MR) is 183 cm³/mol. The summed E-state index contributed by atoms with van der Waals surface area (Å²) >= 11 is 7.83. The van der Waals surface area contributed by atoms with Crippen molar-refractivity contribution in [1.82, 2.24) is 25.0 Å². The van der Waals surface area contributed by atoms with Gasteiger partial charge in [-0.3, -0.25) is 9.78 Å². The van der Waals surface area contributed by atoms with E-state index in [9.17, 15) is 27.6 Å². The summed E-state index contributed by atoms with van der Waals surface area (Å²) in [7, 11) is 1.36. The third-order valence-corrected chi connectivity index (χ3v) is 10.5. The number of carbonyl (C=O) groups is 3. The Morgan fingerprint density at radius 2 is 1.76 bits per heavy atom. The maximum Gasteiger partial charge on any atom is 0.418 e. The molecule has 262 valence electrons. The summed E-state index contributed by atoms with van der Waals surface area (Å²) in [6, 6.07) is 4.32. The lowest BCUT2D eigenvalue weighted by Crippen LogP contribution is -2.58. The summed E-state index contributed by atoms with van der Waals surface area (Å²) in [5.41, 5.74) is 1.89. The number of fused-ring (bicyclic) bond motifs is 1. The van der Waals surface area contributed by atoms with Gasteiger partial charge in [0.1, 0.15) is 6.04 Å². The number of likely N-dealkylation sites (tertiary alicyclic amines) is 1. The van der Waals surface area contributed by atoms with Crippen LogP contribution in [0.25, 0.3) is 0 Å². The Labute approximate surface area is 291 Å². The minimum absolute atomic E-state index is 0.0560. The summed E-state index contributed by atoms with van der Waals surface area (Å²) < 4.78 is 42.0. The Hall–Kier alpha value is -4.24. The summed E-state index contributed by atoms with van der Waals surface area (Å²) in [6.45, 7) is 3.12. The fourth-order valence-electron chi connectivity index (χ4n) is 6.78. The molecule has 0 bridgehead atoms. The number of urea groups is 2. The lowest BCUT2D eigenvalue weighted by Gasteiger charge is -2.39. The Morgan fingerprint density at radius 3 is 2.43 bits per heavy atom. The fourth-order valence-corrected chi connectivity index (χ4v) is 7.94. The van der Waals surface area contributed by atoms with Gasteiger partial charge in [0.15, 0.2) is 0 Å². The second-order valence-electron chi connectivity index (χ2n) is 12.4. The first-order valence-electron chi connectivity index (χ1n) is 16.2. The molecule has 5 heterocycles. The van der Waals surface area contributed by atoms with Crippen molar-refractivity contribution in [2.45, 2.75) is 43.9 Å². The van der Waals surface area contributed by atoms with Gasteiger partial charge in [-0.15, -0.1) is 11.3 Å². The average molecular weight is 719 g/mol. The molecule has 0 aliphatic carbocycles. The van der Waals surface area contributed by atoms with Gasteiger partial charge in [-0.05, 0) is 60.0 Å². The molecule has 2 aromatic heterocycles. The fraction of sp³-hybridized carbons (Fsp3) is 0.455. The zero-order valence-electron chi connectivity index (χ0n) is 26.9. The summed E-state index contributed by atoms with van der Waals surface area (Å²) in [5.74, 6) is -0.381. The molecule has 1 aromatic carbocycles. The van der Waals surface area contributed by atoms with E-state index in [1.165, 1.54) is 13.1 Å². The molecule has 5 amide bonds. The first-order chi connectivity index (χ1) is 23.5. The first kappa shape index (κ1) is 34.6. The Bertz CT molecular complexity index is 1660. The van der Waals surface area contributed by atoms with Crippen LogP contribution in [0.4, 0.5) is 39.8 Å². The monoisotopic (exact) mass is 718 g/mol. The second-order valence-corrected chi connectivity index (χ2v) is 13.5. The van der Waals surface area contributed by atoms with Crippen LogP contribution in [-0.2, 0) is 23.8 Å².